The van der Waals surface area contributed by atoms with Crippen molar-refractivity contribution in [3.05, 3.63) is 108 Å². The van der Waals surface area contributed by atoms with E-state index in [9.17, 15) is 0 Å². The predicted molar refractivity (Wildman–Crippen MR) is 175 cm³/mol. The van der Waals surface area contributed by atoms with Gasteiger partial charge in [0.2, 0.25) is 5.69 Å². The molecule has 0 amide bonds. The van der Waals surface area contributed by atoms with Crippen molar-refractivity contribution in [3.8, 4) is 16.8 Å². The number of pyridine rings is 1. The zero-order valence-electron chi connectivity index (χ0n) is 24.9. The second kappa shape index (κ2) is 15.4. The van der Waals surface area contributed by atoms with Crippen LogP contribution in [0, 0.1) is 0 Å². The second-order valence-electron chi connectivity index (χ2n) is 9.80. The Hall–Kier alpha value is -4.38. The van der Waals surface area contributed by atoms with Crippen LogP contribution in [0.5, 0.6) is 0 Å². The fourth-order valence-electron chi connectivity index (χ4n) is 4.89. The lowest BCUT2D eigenvalue weighted by Gasteiger charge is -2.21. The molecule has 41 heavy (non-hydrogen) atoms. The smallest absolute Gasteiger partial charge is 0.210 e. The molecule has 0 fully saturated rings. The Balaban J connectivity index is 0.000000699. The Morgan fingerprint density at radius 1 is 0.683 bits per heavy atom. The third-order valence-electron chi connectivity index (χ3n) is 7.25. The quantitative estimate of drug-likeness (QED) is 0.192. The van der Waals surface area contributed by atoms with Crippen LogP contribution >= 0.6 is 0 Å². The normalized spacial score (nSPS) is 12.1. The number of hydrogen-bond donors (Lipinski definition) is 0. The van der Waals surface area contributed by atoms with Crippen molar-refractivity contribution in [2.45, 2.75) is 27.7 Å². The Bertz CT molecular complexity index is 1380. The lowest BCUT2D eigenvalue weighted by Crippen LogP contribution is -2.30. The van der Waals surface area contributed by atoms with Crippen LogP contribution < -0.4 is 14.4 Å². The van der Waals surface area contributed by atoms with Gasteiger partial charge >= 0.3 is 0 Å². The highest BCUT2D eigenvalue weighted by molar-refractivity contribution is 5.73. The van der Waals surface area contributed by atoms with E-state index in [1.54, 1.807) is 0 Å². The number of benzene rings is 3. The zero-order chi connectivity index (χ0) is 28.9. The minimum atomic E-state index is 0.778. The molecule has 3 aromatic carbocycles. The van der Waals surface area contributed by atoms with E-state index >= 15 is 0 Å². The lowest BCUT2D eigenvalue weighted by atomic mass is 10.0. The summed E-state index contributed by atoms with van der Waals surface area (Å²) in [6, 6.07) is 30.5. The fraction of sp³-hybridized carbons (Fsp3) is 0.278. The Labute approximate surface area is 246 Å². The molecule has 0 atom stereocenters. The van der Waals surface area contributed by atoms with E-state index in [1.807, 2.05) is 0 Å². The third kappa shape index (κ3) is 8.31. The molecule has 0 aliphatic carbocycles. The van der Waals surface area contributed by atoms with Gasteiger partial charge in [-0.3, -0.25) is 4.99 Å². The van der Waals surface area contributed by atoms with Crippen LogP contribution in [0.1, 0.15) is 38.8 Å². The summed E-state index contributed by atoms with van der Waals surface area (Å²) in [5.74, 6) is 0. The van der Waals surface area contributed by atoms with E-state index < -0.39 is 0 Å². The predicted octanol–water partition coefficient (Wildman–Crippen LogP) is 7.54. The molecule has 5 heteroatoms. The van der Waals surface area contributed by atoms with Gasteiger partial charge in [0.25, 0.3) is 0 Å². The van der Waals surface area contributed by atoms with Crippen molar-refractivity contribution in [1.82, 2.24) is 0 Å². The minimum Gasteiger partial charge on any atom is -0.482 e. The molecule has 0 saturated carbocycles. The number of ether oxygens (including phenoxy) is 1. The fourth-order valence-corrected chi connectivity index (χ4v) is 4.89. The van der Waals surface area contributed by atoms with Gasteiger partial charge in [0.05, 0.1) is 6.54 Å². The molecule has 0 radical (unpaired) electrons. The first-order chi connectivity index (χ1) is 20.1. The lowest BCUT2D eigenvalue weighted by molar-refractivity contribution is -0.595. The molecule has 1 aromatic heterocycles. The summed E-state index contributed by atoms with van der Waals surface area (Å²) < 4.78 is 6.87. The molecule has 212 valence electrons. The van der Waals surface area contributed by atoms with Gasteiger partial charge in [-0.15, -0.1) is 0 Å². The molecular formula is C36H43N4O+. The topological polar surface area (TPSA) is 31.9 Å². The van der Waals surface area contributed by atoms with Crippen LogP contribution in [0.3, 0.4) is 0 Å². The van der Waals surface area contributed by atoms with E-state index in [0.717, 1.165) is 50.6 Å². The van der Waals surface area contributed by atoms with Crippen LogP contribution in [-0.2, 0) is 4.74 Å². The standard InChI is InChI=1S/C33H38N3.C3H5NO/c1-5-34(6-2)32-20-16-27(17-21-32)14-15-28-24-30(26-36(25-28)31-12-10-9-11-13-31)29-18-22-33(23-19-29)35(7-3)8-4;1-2-5-3-4-1/h9-26H,5-8H2,1-4H3;3H,1-2H2/q+1;. The van der Waals surface area contributed by atoms with Crippen LogP contribution in [-0.4, -0.2) is 45.7 Å². The first-order valence-corrected chi connectivity index (χ1v) is 14.7. The van der Waals surface area contributed by atoms with Gasteiger partial charge in [-0.1, -0.05) is 48.5 Å². The Kier molecular flexibility index (Phi) is 11.1. The van der Waals surface area contributed by atoms with Crippen molar-refractivity contribution in [1.29, 1.82) is 0 Å². The van der Waals surface area contributed by atoms with Crippen molar-refractivity contribution < 1.29 is 9.30 Å². The molecule has 1 aliphatic heterocycles. The molecular weight excluding hydrogens is 504 g/mol. The van der Waals surface area contributed by atoms with Gasteiger partial charge in [0.1, 0.15) is 6.61 Å². The number of hydrogen-bond acceptors (Lipinski definition) is 4. The number of rotatable bonds is 10. The van der Waals surface area contributed by atoms with E-state index in [1.165, 1.54) is 34.5 Å². The molecule has 2 heterocycles. The summed E-state index contributed by atoms with van der Waals surface area (Å²) >= 11 is 0. The third-order valence-corrected chi connectivity index (χ3v) is 7.25. The van der Waals surface area contributed by atoms with Gasteiger partial charge < -0.3 is 14.5 Å². The Morgan fingerprint density at radius 3 is 1.78 bits per heavy atom. The minimum absolute atomic E-state index is 0.778. The van der Waals surface area contributed by atoms with E-state index in [4.69, 9.17) is 0 Å². The number of anilines is 2. The van der Waals surface area contributed by atoms with E-state index in [0.29, 0.717) is 0 Å². The molecule has 0 saturated heterocycles. The number of nitrogens with zero attached hydrogens (tertiary/aromatic N) is 4. The first kappa shape index (κ1) is 29.6. The Morgan fingerprint density at radius 2 is 1.27 bits per heavy atom. The summed E-state index contributed by atoms with van der Waals surface area (Å²) in [7, 11) is 0. The van der Waals surface area contributed by atoms with Gasteiger partial charge in [-0.05, 0) is 75.2 Å². The highest BCUT2D eigenvalue weighted by Gasteiger charge is 2.12. The average molecular weight is 548 g/mol. The molecule has 0 N–H and O–H groups in total. The highest BCUT2D eigenvalue weighted by atomic mass is 16.5. The molecule has 4 aromatic rings. The average Bonchev–Trinajstić information content (AvgIpc) is 3.63. The van der Waals surface area contributed by atoms with Gasteiger partial charge in [-0.2, -0.15) is 4.57 Å². The van der Waals surface area contributed by atoms with E-state index in [2.05, 4.69) is 161 Å². The molecule has 1 aliphatic rings. The van der Waals surface area contributed by atoms with E-state index in [-0.39, 0.29) is 0 Å². The molecule has 5 rings (SSSR count). The maximum atomic E-state index is 4.65. The first-order valence-electron chi connectivity index (χ1n) is 14.7. The maximum absolute atomic E-state index is 4.65. The van der Waals surface area contributed by atoms with Crippen molar-refractivity contribution in [2.24, 2.45) is 4.99 Å². The summed E-state index contributed by atoms with van der Waals surface area (Å²) in [6.07, 6.45) is 10.3. The SMILES string of the molecule is C1=NCCO1.CCN(CC)c1ccc(C=Cc2cc(-c3ccc(N(CC)CC)cc3)c[n+](-c3ccccc3)c2)cc1. The van der Waals surface area contributed by atoms with Crippen molar-refractivity contribution in [3.63, 3.8) is 0 Å². The van der Waals surface area contributed by atoms with Crippen LogP contribution in [0.15, 0.2) is 102 Å². The summed E-state index contributed by atoms with van der Waals surface area (Å²) in [5, 5.41) is 0. The highest BCUT2D eigenvalue weighted by Crippen LogP contribution is 2.24. The summed E-state index contributed by atoms with van der Waals surface area (Å²) in [5.41, 5.74) is 8.47. The molecule has 0 spiro atoms. The number of aliphatic imine (C=N–C) groups is 1. The van der Waals surface area contributed by atoms with Crippen molar-refractivity contribution >= 4 is 29.9 Å². The van der Waals surface area contributed by atoms with Gasteiger partial charge in [0.15, 0.2) is 18.8 Å². The maximum Gasteiger partial charge on any atom is 0.210 e. The van der Waals surface area contributed by atoms with Gasteiger partial charge in [-0.25, -0.2) is 0 Å². The van der Waals surface area contributed by atoms with Crippen LogP contribution in [0.25, 0.3) is 29.0 Å². The second-order valence-corrected chi connectivity index (χ2v) is 9.80. The zero-order valence-corrected chi connectivity index (χ0v) is 24.9. The summed E-state index contributed by atoms with van der Waals surface area (Å²) in [6.45, 7) is 14.5. The largest absolute Gasteiger partial charge is 0.482 e. The van der Waals surface area contributed by atoms with Crippen LogP contribution in [0.2, 0.25) is 0 Å². The van der Waals surface area contributed by atoms with Gasteiger partial charge in [0, 0.05) is 60.8 Å². The van der Waals surface area contributed by atoms with Crippen LogP contribution in [0.4, 0.5) is 11.4 Å². The van der Waals surface area contributed by atoms with Crippen molar-refractivity contribution in [2.75, 3.05) is 49.1 Å². The monoisotopic (exact) mass is 547 g/mol. The number of para-hydroxylation sites is 1. The molecule has 5 nitrogen and oxygen atoms in total. The molecule has 0 bridgehead atoms. The number of aromatic nitrogens is 1. The molecule has 0 unspecified atom stereocenters. The summed E-state index contributed by atoms with van der Waals surface area (Å²) in [4.78, 5) is 8.48.